The molecule has 1 amide bonds. The summed E-state index contributed by atoms with van der Waals surface area (Å²) in [6.45, 7) is 0.418. The zero-order valence-corrected chi connectivity index (χ0v) is 12.3. The smallest absolute Gasteiger partial charge is 0.303 e. The third-order valence-electron chi connectivity index (χ3n) is 3.74. The maximum Gasteiger partial charge on any atom is 0.303 e. The molecule has 0 saturated heterocycles. The molecule has 21 heavy (non-hydrogen) atoms. The van der Waals surface area contributed by atoms with Gasteiger partial charge >= 0.3 is 5.97 Å². The second-order valence-electron chi connectivity index (χ2n) is 5.39. The number of nitrogens with zero attached hydrogens (tertiary/aromatic N) is 1. The van der Waals surface area contributed by atoms with Crippen LogP contribution in [0.1, 0.15) is 30.4 Å². The molecule has 0 bridgehead atoms. The summed E-state index contributed by atoms with van der Waals surface area (Å²) in [7, 11) is 1.66. The molecule has 0 aromatic heterocycles. The summed E-state index contributed by atoms with van der Waals surface area (Å²) in [6.07, 6.45) is 3.92. The van der Waals surface area contributed by atoms with E-state index < -0.39 is 5.97 Å². The van der Waals surface area contributed by atoms with Crippen molar-refractivity contribution in [2.24, 2.45) is 0 Å². The molecule has 114 valence electrons. The molecule has 1 aromatic carbocycles. The Morgan fingerprint density at radius 1 is 1.29 bits per heavy atom. The van der Waals surface area contributed by atoms with E-state index in [2.05, 4.69) is 6.07 Å². The first-order valence-electron chi connectivity index (χ1n) is 7.26. The molecule has 5 nitrogen and oxygen atoms in total. The van der Waals surface area contributed by atoms with Crippen LogP contribution < -0.4 is 4.74 Å². The number of carboxylic acid groups (broad SMARTS) is 1. The van der Waals surface area contributed by atoms with Crippen LogP contribution in [0.4, 0.5) is 0 Å². The van der Waals surface area contributed by atoms with Gasteiger partial charge in [-0.15, -0.1) is 0 Å². The van der Waals surface area contributed by atoms with Gasteiger partial charge in [0.15, 0.2) is 6.61 Å². The van der Waals surface area contributed by atoms with Gasteiger partial charge in [-0.25, -0.2) is 0 Å². The Hall–Kier alpha value is -2.04. The van der Waals surface area contributed by atoms with Crippen LogP contribution in [0.5, 0.6) is 5.75 Å². The average Bonchev–Trinajstić information content (AvgIpc) is 2.91. The second kappa shape index (κ2) is 7.11. The number of fused-ring (bicyclic) bond motifs is 1. The largest absolute Gasteiger partial charge is 0.484 e. The van der Waals surface area contributed by atoms with E-state index in [-0.39, 0.29) is 18.9 Å². The Bertz CT molecular complexity index is 527. The highest BCUT2D eigenvalue weighted by molar-refractivity contribution is 5.77. The van der Waals surface area contributed by atoms with Crippen LogP contribution in [0.15, 0.2) is 18.2 Å². The monoisotopic (exact) mass is 291 g/mol. The minimum absolute atomic E-state index is 0.0115. The van der Waals surface area contributed by atoms with E-state index in [9.17, 15) is 9.59 Å². The fourth-order valence-electron chi connectivity index (χ4n) is 2.49. The molecule has 0 aliphatic heterocycles. The van der Waals surface area contributed by atoms with Gasteiger partial charge in [-0.3, -0.25) is 9.59 Å². The highest BCUT2D eigenvalue weighted by Crippen LogP contribution is 2.25. The summed E-state index contributed by atoms with van der Waals surface area (Å²) < 4.78 is 5.53. The number of hydrogen-bond donors (Lipinski definition) is 1. The van der Waals surface area contributed by atoms with Crippen LogP contribution in [-0.2, 0) is 22.4 Å². The summed E-state index contributed by atoms with van der Waals surface area (Å²) in [5.74, 6) is -0.255. The van der Waals surface area contributed by atoms with Crippen LogP contribution in [0.3, 0.4) is 0 Å². The molecule has 0 fully saturated rings. The molecule has 0 radical (unpaired) electrons. The molecule has 1 aliphatic rings. The Labute approximate surface area is 124 Å². The van der Waals surface area contributed by atoms with Crippen LogP contribution in [0.2, 0.25) is 0 Å². The Morgan fingerprint density at radius 2 is 2.05 bits per heavy atom. The van der Waals surface area contributed by atoms with E-state index in [1.807, 2.05) is 12.1 Å². The lowest BCUT2D eigenvalue weighted by Gasteiger charge is -2.17. The lowest BCUT2D eigenvalue weighted by atomic mass is 10.1. The maximum atomic E-state index is 11.9. The number of amides is 1. The van der Waals surface area contributed by atoms with Crippen molar-refractivity contribution in [1.82, 2.24) is 4.90 Å². The highest BCUT2D eigenvalue weighted by Gasteiger charge is 2.13. The molecular weight excluding hydrogens is 270 g/mol. The summed E-state index contributed by atoms with van der Waals surface area (Å²) in [6, 6.07) is 5.99. The van der Waals surface area contributed by atoms with Crippen molar-refractivity contribution < 1.29 is 19.4 Å². The molecule has 1 N–H and O–H groups in total. The highest BCUT2D eigenvalue weighted by atomic mass is 16.5. The van der Waals surface area contributed by atoms with Gasteiger partial charge in [0.05, 0.1) is 0 Å². The lowest BCUT2D eigenvalue weighted by Crippen LogP contribution is -2.32. The first-order chi connectivity index (χ1) is 10.1. The third kappa shape index (κ3) is 4.48. The number of aryl methyl sites for hydroxylation is 2. The number of carboxylic acids is 1. The quantitative estimate of drug-likeness (QED) is 0.833. The van der Waals surface area contributed by atoms with Crippen LogP contribution in [-0.4, -0.2) is 42.1 Å². The fraction of sp³-hybridized carbons (Fsp3) is 0.500. The molecule has 0 saturated carbocycles. The van der Waals surface area contributed by atoms with Crippen molar-refractivity contribution in [2.75, 3.05) is 20.2 Å². The molecule has 0 spiro atoms. The molecule has 1 aromatic rings. The minimum atomic E-state index is -0.842. The molecule has 1 aliphatic carbocycles. The van der Waals surface area contributed by atoms with Crippen LogP contribution >= 0.6 is 0 Å². The zero-order chi connectivity index (χ0) is 15.2. The van der Waals surface area contributed by atoms with E-state index in [0.29, 0.717) is 13.0 Å². The van der Waals surface area contributed by atoms with Gasteiger partial charge < -0.3 is 14.7 Å². The van der Waals surface area contributed by atoms with Crippen molar-refractivity contribution in [1.29, 1.82) is 0 Å². The van der Waals surface area contributed by atoms with Crippen LogP contribution in [0, 0.1) is 0 Å². The Kier molecular flexibility index (Phi) is 5.20. The average molecular weight is 291 g/mol. The SMILES string of the molecule is CN(CCCC(=O)O)C(=O)COc1ccc2c(c1)CCC2. The van der Waals surface area contributed by atoms with Crippen molar-refractivity contribution in [3.8, 4) is 5.75 Å². The predicted molar refractivity (Wildman–Crippen MR) is 78.5 cm³/mol. The van der Waals surface area contributed by atoms with Gasteiger partial charge in [0.25, 0.3) is 5.91 Å². The van der Waals surface area contributed by atoms with E-state index >= 15 is 0 Å². The number of aliphatic carboxylic acids is 1. The van der Waals surface area contributed by atoms with Crippen molar-refractivity contribution in [3.05, 3.63) is 29.3 Å². The van der Waals surface area contributed by atoms with Crippen molar-refractivity contribution in [3.63, 3.8) is 0 Å². The van der Waals surface area contributed by atoms with Crippen molar-refractivity contribution in [2.45, 2.75) is 32.1 Å². The number of carbonyl (C=O) groups is 2. The molecule has 5 heteroatoms. The van der Waals surface area contributed by atoms with Gasteiger partial charge in [-0.2, -0.15) is 0 Å². The first-order valence-corrected chi connectivity index (χ1v) is 7.26. The molecule has 0 heterocycles. The van der Waals surface area contributed by atoms with Gasteiger partial charge in [-0.1, -0.05) is 6.07 Å². The molecule has 0 atom stereocenters. The number of ether oxygens (including phenoxy) is 1. The number of likely N-dealkylation sites (N-methyl/N-ethyl adjacent to an activating group) is 1. The van der Waals surface area contributed by atoms with Crippen LogP contribution in [0.25, 0.3) is 0 Å². The minimum Gasteiger partial charge on any atom is -0.484 e. The van der Waals surface area contributed by atoms with E-state index in [4.69, 9.17) is 9.84 Å². The standard InChI is InChI=1S/C16H21NO4/c1-17(9-3-6-16(19)20)15(18)11-21-14-8-7-12-4-2-5-13(12)10-14/h7-8,10H,2-6,9,11H2,1H3,(H,19,20). The number of benzene rings is 1. The summed E-state index contributed by atoms with van der Waals surface area (Å²) >= 11 is 0. The van der Waals surface area contributed by atoms with Crippen molar-refractivity contribution >= 4 is 11.9 Å². The fourth-order valence-corrected chi connectivity index (χ4v) is 2.49. The number of rotatable bonds is 7. The van der Waals surface area contributed by atoms with Gasteiger partial charge in [0, 0.05) is 20.0 Å². The van der Waals surface area contributed by atoms with Gasteiger partial charge in [0.2, 0.25) is 0 Å². The summed E-state index contributed by atoms with van der Waals surface area (Å²) in [5.41, 5.74) is 2.69. The summed E-state index contributed by atoms with van der Waals surface area (Å²) in [4.78, 5) is 23.8. The number of hydrogen-bond acceptors (Lipinski definition) is 3. The van der Waals surface area contributed by atoms with E-state index in [1.54, 1.807) is 7.05 Å². The predicted octanol–water partition coefficient (Wildman–Crippen LogP) is 1.88. The first kappa shape index (κ1) is 15.4. The molecular formula is C16H21NO4. The van der Waals surface area contributed by atoms with E-state index in [1.165, 1.54) is 22.4 Å². The summed E-state index contributed by atoms with van der Waals surface area (Å²) in [5, 5.41) is 8.57. The second-order valence-corrected chi connectivity index (χ2v) is 5.39. The third-order valence-corrected chi connectivity index (χ3v) is 3.74. The lowest BCUT2D eigenvalue weighted by molar-refractivity contribution is -0.138. The van der Waals surface area contributed by atoms with Gasteiger partial charge in [-0.05, 0) is 48.9 Å². The maximum absolute atomic E-state index is 11.9. The normalized spacial score (nSPS) is 12.8. The molecule has 2 rings (SSSR count). The Morgan fingerprint density at radius 3 is 2.81 bits per heavy atom. The molecule has 0 unspecified atom stereocenters. The zero-order valence-electron chi connectivity index (χ0n) is 12.3. The van der Waals surface area contributed by atoms with Gasteiger partial charge in [0.1, 0.15) is 5.75 Å². The topological polar surface area (TPSA) is 66.8 Å². The number of carbonyl (C=O) groups excluding carboxylic acids is 1. The Balaban J connectivity index is 1.76. The van der Waals surface area contributed by atoms with E-state index in [0.717, 1.165) is 18.6 Å².